The molecule has 0 spiro atoms. The maximum Gasteiger partial charge on any atom is 0.107 e. The van der Waals surface area contributed by atoms with E-state index in [1.165, 1.54) is 28.4 Å². The van der Waals surface area contributed by atoms with Crippen molar-refractivity contribution >= 4 is 11.3 Å². The van der Waals surface area contributed by atoms with Gasteiger partial charge in [0.15, 0.2) is 0 Å². The van der Waals surface area contributed by atoms with Crippen LogP contribution in [0, 0.1) is 11.8 Å². The monoisotopic (exact) mass is 294 g/mol. The summed E-state index contributed by atoms with van der Waals surface area (Å²) in [5, 5.41) is 21.1. The summed E-state index contributed by atoms with van der Waals surface area (Å²) >= 11 is 1.86. The minimum absolute atomic E-state index is 0.134. The molecule has 4 rings (SSSR count). The molecule has 4 nitrogen and oxygen atoms in total. The van der Waals surface area contributed by atoms with Crippen LogP contribution >= 0.6 is 11.3 Å². The van der Waals surface area contributed by atoms with Crippen molar-refractivity contribution in [3.63, 3.8) is 0 Å². The number of nitrogens with zero attached hydrogens (tertiary/aromatic N) is 2. The number of aryl methyl sites for hydroxylation is 1. The van der Waals surface area contributed by atoms with Crippen molar-refractivity contribution in [2.45, 2.75) is 57.4 Å². The number of thiazole rings is 1. The molecule has 2 bridgehead atoms. The van der Waals surface area contributed by atoms with Gasteiger partial charge in [-0.25, -0.2) is 4.98 Å². The van der Waals surface area contributed by atoms with Crippen LogP contribution in [0.4, 0.5) is 0 Å². The third kappa shape index (κ3) is 2.03. The summed E-state index contributed by atoms with van der Waals surface area (Å²) in [6.07, 6.45) is 3.42. The minimum atomic E-state index is -0.566. The van der Waals surface area contributed by atoms with Crippen molar-refractivity contribution < 1.29 is 10.2 Å². The smallest absolute Gasteiger partial charge is 0.107 e. The van der Waals surface area contributed by atoms with Crippen LogP contribution in [-0.2, 0) is 19.4 Å². The molecule has 3 aliphatic rings. The predicted molar refractivity (Wildman–Crippen MR) is 77.6 cm³/mol. The van der Waals surface area contributed by atoms with Crippen molar-refractivity contribution in [2.75, 3.05) is 6.54 Å². The number of aromatic nitrogens is 1. The van der Waals surface area contributed by atoms with E-state index >= 15 is 0 Å². The normalized spacial score (nSPS) is 40.2. The molecule has 5 atom stereocenters. The Morgan fingerprint density at radius 2 is 2.20 bits per heavy atom. The van der Waals surface area contributed by atoms with Crippen LogP contribution in [0.1, 0.15) is 35.3 Å². The molecule has 2 aliphatic carbocycles. The summed E-state index contributed by atoms with van der Waals surface area (Å²) in [4.78, 5) is 8.60. The first-order valence-corrected chi connectivity index (χ1v) is 8.51. The molecular formula is C15H22N2O2S. The number of aliphatic hydroxyl groups excluding tert-OH is 2. The van der Waals surface area contributed by atoms with Crippen molar-refractivity contribution in [3.8, 4) is 0 Å². The van der Waals surface area contributed by atoms with Gasteiger partial charge in [0.25, 0.3) is 0 Å². The first kappa shape index (κ1) is 13.2. The van der Waals surface area contributed by atoms with Gasteiger partial charge in [-0.1, -0.05) is 6.92 Å². The second-order valence-electron chi connectivity index (χ2n) is 6.80. The molecule has 2 heterocycles. The standard InChI is InChI=1S/C15H22N2O2S/c1-8-2-3-10-12(4-8)20-13(16-10)7-17-6-9-5-11(17)15(19)14(9)18/h8-9,11,14-15,18-19H,2-7H2,1H3/t8?,9-,11-,14-,15+/m0/s1. The fourth-order valence-corrected chi connectivity index (χ4v) is 5.40. The van der Waals surface area contributed by atoms with E-state index in [0.717, 1.165) is 31.8 Å². The number of aliphatic hydroxyl groups is 2. The van der Waals surface area contributed by atoms with E-state index in [1.807, 2.05) is 11.3 Å². The first-order valence-electron chi connectivity index (χ1n) is 7.69. The van der Waals surface area contributed by atoms with Crippen molar-refractivity contribution in [3.05, 3.63) is 15.6 Å². The lowest BCUT2D eigenvalue weighted by Gasteiger charge is -2.32. The number of fused-ring (bicyclic) bond motifs is 3. The molecule has 1 aliphatic heterocycles. The number of hydrogen-bond donors (Lipinski definition) is 2. The average molecular weight is 294 g/mol. The predicted octanol–water partition coefficient (Wildman–Crippen LogP) is 1.19. The van der Waals surface area contributed by atoms with Gasteiger partial charge in [0.05, 0.1) is 24.4 Å². The number of rotatable bonds is 2. The highest BCUT2D eigenvalue weighted by Gasteiger charge is 2.50. The van der Waals surface area contributed by atoms with Gasteiger partial charge in [0.2, 0.25) is 0 Å². The molecule has 1 aromatic rings. The molecule has 0 aromatic carbocycles. The zero-order chi connectivity index (χ0) is 13.9. The number of hydrogen-bond acceptors (Lipinski definition) is 5. The highest BCUT2D eigenvalue weighted by molar-refractivity contribution is 7.11. The average Bonchev–Trinajstić information content (AvgIpc) is 3.06. The van der Waals surface area contributed by atoms with E-state index in [2.05, 4.69) is 11.8 Å². The van der Waals surface area contributed by atoms with Gasteiger partial charge in [-0.3, -0.25) is 4.90 Å². The second-order valence-corrected chi connectivity index (χ2v) is 7.97. The lowest BCUT2D eigenvalue weighted by Crippen LogP contribution is -2.47. The zero-order valence-corrected chi connectivity index (χ0v) is 12.6. The largest absolute Gasteiger partial charge is 0.390 e. The first-order chi connectivity index (χ1) is 9.61. The number of piperidine rings is 1. The minimum Gasteiger partial charge on any atom is -0.390 e. The Labute approximate surface area is 123 Å². The number of likely N-dealkylation sites (tertiary alicyclic amines) is 1. The van der Waals surface area contributed by atoms with Crippen molar-refractivity contribution in [1.29, 1.82) is 0 Å². The van der Waals surface area contributed by atoms with E-state index in [9.17, 15) is 10.2 Å². The second kappa shape index (κ2) is 4.77. The van der Waals surface area contributed by atoms with Crippen molar-refractivity contribution in [1.82, 2.24) is 9.88 Å². The van der Waals surface area contributed by atoms with E-state index in [1.54, 1.807) is 0 Å². The third-order valence-corrected chi connectivity index (χ3v) is 6.38. The molecule has 1 saturated carbocycles. The van der Waals surface area contributed by atoms with Crippen LogP contribution < -0.4 is 0 Å². The molecule has 0 radical (unpaired) electrons. The van der Waals surface area contributed by atoms with Gasteiger partial charge in [-0.2, -0.15) is 0 Å². The molecule has 1 aromatic heterocycles. The lowest BCUT2D eigenvalue weighted by molar-refractivity contribution is -0.0459. The van der Waals surface area contributed by atoms with Gasteiger partial charge in [0, 0.05) is 23.4 Å². The van der Waals surface area contributed by atoms with Crippen LogP contribution in [0.3, 0.4) is 0 Å². The Hall–Kier alpha value is -0.490. The van der Waals surface area contributed by atoms with E-state index in [4.69, 9.17) is 4.98 Å². The Bertz CT molecular complexity index is 516. The van der Waals surface area contributed by atoms with Gasteiger partial charge in [0.1, 0.15) is 5.01 Å². The molecule has 20 heavy (non-hydrogen) atoms. The molecule has 1 unspecified atom stereocenters. The Morgan fingerprint density at radius 1 is 1.35 bits per heavy atom. The maximum absolute atomic E-state index is 10.0. The summed E-state index contributed by atoms with van der Waals surface area (Å²) in [6, 6.07) is 0.134. The van der Waals surface area contributed by atoms with Crippen LogP contribution in [0.25, 0.3) is 0 Å². The van der Waals surface area contributed by atoms with E-state index in [0.29, 0.717) is 0 Å². The Balaban J connectivity index is 1.48. The third-order valence-electron chi connectivity index (χ3n) is 5.28. The molecule has 2 fully saturated rings. The van der Waals surface area contributed by atoms with Crippen LogP contribution in [0.2, 0.25) is 0 Å². The fourth-order valence-electron chi connectivity index (χ4n) is 4.10. The topological polar surface area (TPSA) is 56.6 Å². The van der Waals surface area contributed by atoms with Crippen molar-refractivity contribution in [2.24, 2.45) is 11.8 Å². The Morgan fingerprint density at radius 3 is 2.95 bits per heavy atom. The van der Waals surface area contributed by atoms with E-state index in [-0.39, 0.29) is 12.0 Å². The molecule has 2 N–H and O–H groups in total. The lowest BCUT2D eigenvalue weighted by atomic mass is 9.93. The zero-order valence-electron chi connectivity index (χ0n) is 11.8. The maximum atomic E-state index is 10.0. The molecule has 110 valence electrons. The summed E-state index contributed by atoms with van der Waals surface area (Å²) in [7, 11) is 0. The fraction of sp³-hybridized carbons (Fsp3) is 0.800. The molecule has 1 saturated heterocycles. The highest BCUT2D eigenvalue weighted by atomic mass is 32.1. The Kier molecular flexibility index (Phi) is 3.14. The van der Waals surface area contributed by atoms with Crippen LogP contribution in [0.15, 0.2) is 0 Å². The van der Waals surface area contributed by atoms with Gasteiger partial charge in [-0.15, -0.1) is 11.3 Å². The van der Waals surface area contributed by atoms with Gasteiger partial charge >= 0.3 is 0 Å². The summed E-state index contributed by atoms with van der Waals surface area (Å²) in [5.41, 5.74) is 1.31. The van der Waals surface area contributed by atoms with Crippen LogP contribution in [-0.4, -0.2) is 44.9 Å². The van der Waals surface area contributed by atoms with E-state index < -0.39 is 12.2 Å². The SMILES string of the molecule is CC1CCc2nc(CN3C[C@@H]4C[C@H]3[C@@H](O)[C@H]4O)sc2C1. The molecule has 0 amide bonds. The van der Waals surface area contributed by atoms with Gasteiger partial charge in [-0.05, 0) is 31.6 Å². The quantitative estimate of drug-likeness (QED) is 0.860. The molecule has 5 heteroatoms. The summed E-state index contributed by atoms with van der Waals surface area (Å²) < 4.78 is 0. The summed E-state index contributed by atoms with van der Waals surface area (Å²) in [6.45, 7) is 4.07. The highest BCUT2D eigenvalue weighted by Crippen LogP contribution is 2.39. The van der Waals surface area contributed by atoms with Gasteiger partial charge < -0.3 is 10.2 Å². The summed E-state index contributed by atoms with van der Waals surface area (Å²) in [5.74, 6) is 1.04. The van der Waals surface area contributed by atoms with Crippen LogP contribution in [0.5, 0.6) is 0 Å². The molecular weight excluding hydrogens is 272 g/mol.